The highest BCUT2D eigenvalue weighted by Crippen LogP contribution is 2.35. The third kappa shape index (κ3) is 1.62. The standard InChI is InChI=1S/C14H12N2O2/c1-9-16-13-12(18-9)7-6-10(14(13)17-2)11-5-3-4-8-15-11/h3-8H,1-2H3. The molecule has 0 radical (unpaired) electrons. The second-order valence-corrected chi connectivity index (χ2v) is 3.94. The lowest BCUT2D eigenvalue weighted by atomic mass is 10.1. The monoisotopic (exact) mass is 240 g/mol. The van der Waals surface area contributed by atoms with Gasteiger partial charge in [0.25, 0.3) is 0 Å². The zero-order valence-electron chi connectivity index (χ0n) is 10.2. The molecule has 0 aliphatic heterocycles. The quantitative estimate of drug-likeness (QED) is 0.690. The van der Waals surface area contributed by atoms with Crippen molar-refractivity contribution in [1.82, 2.24) is 9.97 Å². The van der Waals surface area contributed by atoms with Gasteiger partial charge in [0.15, 0.2) is 22.7 Å². The Morgan fingerprint density at radius 1 is 1.17 bits per heavy atom. The molecule has 0 aliphatic carbocycles. The smallest absolute Gasteiger partial charge is 0.192 e. The summed E-state index contributed by atoms with van der Waals surface area (Å²) in [5.41, 5.74) is 3.23. The van der Waals surface area contributed by atoms with Crippen LogP contribution in [0.15, 0.2) is 40.9 Å². The van der Waals surface area contributed by atoms with Crippen LogP contribution in [0, 0.1) is 6.92 Å². The van der Waals surface area contributed by atoms with Gasteiger partial charge in [-0.15, -0.1) is 0 Å². The molecule has 3 rings (SSSR count). The first-order valence-electron chi connectivity index (χ1n) is 5.65. The Bertz CT molecular complexity index is 690. The molecule has 4 nitrogen and oxygen atoms in total. The number of benzene rings is 1. The van der Waals surface area contributed by atoms with Crippen molar-refractivity contribution in [3.05, 3.63) is 42.4 Å². The summed E-state index contributed by atoms with van der Waals surface area (Å²) in [4.78, 5) is 8.68. The van der Waals surface area contributed by atoms with Crippen molar-refractivity contribution >= 4 is 11.1 Å². The second kappa shape index (κ2) is 4.14. The van der Waals surface area contributed by atoms with Crippen LogP contribution in [0.1, 0.15) is 5.89 Å². The first-order valence-corrected chi connectivity index (χ1v) is 5.65. The first kappa shape index (κ1) is 10.8. The third-order valence-corrected chi connectivity index (χ3v) is 2.77. The van der Waals surface area contributed by atoms with Gasteiger partial charge in [0, 0.05) is 18.7 Å². The summed E-state index contributed by atoms with van der Waals surface area (Å²) in [7, 11) is 1.63. The fourth-order valence-corrected chi connectivity index (χ4v) is 2.01. The number of hydrogen-bond acceptors (Lipinski definition) is 4. The van der Waals surface area contributed by atoms with Crippen molar-refractivity contribution in [2.45, 2.75) is 6.92 Å². The zero-order valence-corrected chi connectivity index (χ0v) is 10.2. The molecule has 1 aromatic carbocycles. The minimum Gasteiger partial charge on any atom is -0.494 e. The van der Waals surface area contributed by atoms with E-state index in [1.165, 1.54) is 0 Å². The highest BCUT2D eigenvalue weighted by atomic mass is 16.5. The van der Waals surface area contributed by atoms with Gasteiger partial charge < -0.3 is 9.15 Å². The van der Waals surface area contributed by atoms with E-state index in [1.54, 1.807) is 13.3 Å². The molecule has 0 saturated heterocycles. The summed E-state index contributed by atoms with van der Waals surface area (Å²) in [6.45, 7) is 1.82. The van der Waals surface area contributed by atoms with Gasteiger partial charge in [-0.05, 0) is 24.3 Å². The molecule has 4 heteroatoms. The molecule has 2 heterocycles. The van der Waals surface area contributed by atoms with E-state index in [-0.39, 0.29) is 0 Å². The molecule has 0 fully saturated rings. The molecule has 90 valence electrons. The van der Waals surface area contributed by atoms with Crippen LogP contribution < -0.4 is 4.74 Å². The number of ether oxygens (including phenoxy) is 1. The Labute approximate surface area is 104 Å². The molecule has 0 unspecified atom stereocenters. The Morgan fingerprint density at radius 2 is 2.06 bits per heavy atom. The van der Waals surface area contributed by atoms with Crippen LogP contribution in [0.4, 0.5) is 0 Å². The number of nitrogens with zero attached hydrogens (tertiary/aromatic N) is 2. The molecule has 0 saturated carbocycles. The van der Waals surface area contributed by atoms with Gasteiger partial charge in [-0.25, -0.2) is 4.98 Å². The Morgan fingerprint density at radius 3 is 2.78 bits per heavy atom. The lowest BCUT2D eigenvalue weighted by Gasteiger charge is -2.07. The fourth-order valence-electron chi connectivity index (χ4n) is 2.01. The van der Waals surface area contributed by atoms with Gasteiger partial charge in [-0.2, -0.15) is 0 Å². The lowest BCUT2D eigenvalue weighted by molar-refractivity contribution is 0.420. The van der Waals surface area contributed by atoms with Gasteiger partial charge in [0.2, 0.25) is 0 Å². The number of rotatable bonds is 2. The summed E-state index contributed by atoms with van der Waals surface area (Å²) in [6.07, 6.45) is 1.76. The molecule has 2 aromatic heterocycles. The molecular formula is C14H12N2O2. The molecule has 0 atom stereocenters. The molecule has 0 spiro atoms. The normalized spacial score (nSPS) is 10.8. The van der Waals surface area contributed by atoms with Crippen molar-refractivity contribution in [2.24, 2.45) is 0 Å². The summed E-state index contributed by atoms with van der Waals surface area (Å²) in [5, 5.41) is 0. The van der Waals surface area contributed by atoms with E-state index in [1.807, 2.05) is 37.3 Å². The molecular weight excluding hydrogens is 228 g/mol. The highest BCUT2D eigenvalue weighted by molar-refractivity contribution is 5.88. The number of fused-ring (bicyclic) bond motifs is 1. The van der Waals surface area contributed by atoms with Crippen LogP contribution in [-0.4, -0.2) is 17.1 Å². The summed E-state index contributed by atoms with van der Waals surface area (Å²) >= 11 is 0. The molecule has 3 aromatic rings. The molecule has 0 amide bonds. The van der Waals surface area contributed by atoms with E-state index in [4.69, 9.17) is 9.15 Å². The number of methoxy groups -OCH3 is 1. The van der Waals surface area contributed by atoms with Gasteiger partial charge in [-0.3, -0.25) is 4.98 Å². The summed E-state index contributed by atoms with van der Waals surface area (Å²) in [5.74, 6) is 1.32. The molecule has 0 aliphatic rings. The fraction of sp³-hybridized carbons (Fsp3) is 0.143. The maximum absolute atomic E-state index is 5.49. The summed E-state index contributed by atoms with van der Waals surface area (Å²) < 4.78 is 11.0. The van der Waals surface area contributed by atoms with Crippen molar-refractivity contribution < 1.29 is 9.15 Å². The van der Waals surface area contributed by atoms with Crippen LogP contribution in [0.5, 0.6) is 5.75 Å². The number of hydrogen-bond donors (Lipinski definition) is 0. The van der Waals surface area contributed by atoms with Crippen molar-refractivity contribution in [1.29, 1.82) is 0 Å². The van der Waals surface area contributed by atoms with Gasteiger partial charge in [-0.1, -0.05) is 6.07 Å². The molecule has 18 heavy (non-hydrogen) atoms. The van der Waals surface area contributed by atoms with Gasteiger partial charge in [0.05, 0.1) is 12.8 Å². The van der Waals surface area contributed by atoms with Crippen LogP contribution in [0.25, 0.3) is 22.4 Å². The minimum atomic E-state index is 0.626. The second-order valence-electron chi connectivity index (χ2n) is 3.94. The largest absolute Gasteiger partial charge is 0.494 e. The van der Waals surface area contributed by atoms with Crippen molar-refractivity contribution in [2.75, 3.05) is 7.11 Å². The predicted octanol–water partition coefficient (Wildman–Crippen LogP) is 3.21. The SMILES string of the molecule is COc1c(-c2ccccn2)ccc2oc(C)nc12. The van der Waals surface area contributed by atoms with E-state index in [9.17, 15) is 0 Å². The van der Waals surface area contributed by atoms with Crippen molar-refractivity contribution in [3.63, 3.8) is 0 Å². The Hall–Kier alpha value is -2.36. The van der Waals surface area contributed by atoms with E-state index in [0.29, 0.717) is 11.6 Å². The van der Waals surface area contributed by atoms with Crippen LogP contribution >= 0.6 is 0 Å². The zero-order chi connectivity index (χ0) is 12.5. The van der Waals surface area contributed by atoms with E-state index in [2.05, 4.69) is 9.97 Å². The number of pyridine rings is 1. The van der Waals surface area contributed by atoms with Crippen LogP contribution in [0.2, 0.25) is 0 Å². The predicted molar refractivity (Wildman–Crippen MR) is 68.5 cm³/mol. The van der Waals surface area contributed by atoms with E-state index in [0.717, 1.165) is 22.4 Å². The third-order valence-electron chi connectivity index (χ3n) is 2.77. The first-order chi connectivity index (χ1) is 8.79. The van der Waals surface area contributed by atoms with E-state index < -0.39 is 0 Å². The van der Waals surface area contributed by atoms with E-state index >= 15 is 0 Å². The topological polar surface area (TPSA) is 48.2 Å². The molecule has 0 N–H and O–H groups in total. The Kier molecular flexibility index (Phi) is 2.48. The van der Waals surface area contributed by atoms with Gasteiger partial charge >= 0.3 is 0 Å². The number of oxazole rings is 1. The highest BCUT2D eigenvalue weighted by Gasteiger charge is 2.14. The average molecular weight is 240 g/mol. The maximum Gasteiger partial charge on any atom is 0.192 e. The maximum atomic E-state index is 5.49. The van der Waals surface area contributed by atoms with Crippen LogP contribution in [-0.2, 0) is 0 Å². The minimum absolute atomic E-state index is 0.626. The molecule has 0 bridgehead atoms. The van der Waals surface area contributed by atoms with Crippen molar-refractivity contribution in [3.8, 4) is 17.0 Å². The number of aromatic nitrogens is 2. The lowest BCUT2D eigenvalue weighted by Crippen LogP contribution is -1.91. The van der Waals surface area contributed by atoms with Crippen LogP contribution in [0.3, 0.4) is 0 Å². The van der Waals surface area contributed by atoms with Gasteiger partial charge in [0.1, 0.15) is 0 Å². The summed E-state index contributed by atoms with van der Waals surface area (Å²) in [6, 6.07) is 9.60. The Balaban J connectivity index is 2.30. The average Bonchev–Trinajstić information content (AvgIpc) is 2.78. The number of aryl methyl sites for hydroxylation is 1.